The molecular weight excluding hydrogens is 310 g/mol. The fourth-order valence-corrected chi connectivity index (χ4v) is 3.07. The Morgan fingerprint density at radius 2 is 1.76 bits per heavy atom. The third kappa shape index (κ3) is 4.85. The summed E-state index contributed by atoms with van der Waals surface area (Å²) in [6.45, 7) is 5.60. The van der Waals surface area contributed by atoms with Crippen LogP contribution in [0.15, 0.2) is 54.6 Å². The van der Waals surface area contributed by atoms with E-state index in [1.54, 1.807) is 0 Å². The van der Waals surface area contributed by atoms with Crippen LogP contribution in [-0.4, -0.2) is 30.0 Å². The van der Waals surface area contributed by atoms with Crippen molar-refractivity contribution in [1.82, 2.24) is 4.90 Å². The van der Waals surface area contributed by atoms with Crippen LogP contribution in [0, 0.1) is 5.92 Å². The maximum Gasteiger partial charge on any atom is 0.226 e. The van der Waals surface area contributed by atoms with Gasteiger partial charge in [-0.25, -0.2) is 0 Å². The molecule has 0 atom stereocenters. The topological polar surface area (TPSA) is 29.5 Å². The maximum atomic E-state index is 12.6. The van der Waals surface area contributed by atoms with Crippen LogP contribution in [0.5, 0.6) is 5.75 Å². The molecule has 0 unspecified atom stereocenters. The number of amides is 1. The molecule has 2 aromatic carbocycles. The number of ether oxygens (including phenoxy) is 1. The Bertz CT molecular complexity index is 692. The number of carbonyl (C=O) groups excluding carboxylic acids is 1. The molecule has 0 saturated heterocycles. The number of para-hydroxylation sites is 1. The van der Waals surface area contributed by atoms with E-state index in [-0.39, 0.29) is 5.91 Å². The van der Waals surface area contributed by atoms with E-state index in [9.17, 15) is 4.79 Å². The lowest BCUT2D eigenvalue weighted by atomic mass is 10.1. The molecular formula is C22H27NO2. The second kappa shape index (κ2) is 8.19. The molecule has 25 heavy (non-hydrogen) atoms. The van der Waals surface area contributed by atoms with Crippen LogP contribution in [0.25, 0.3) is 11.1 Å². The van der Waals surface area contributed by atoms with Gasteiger partial charge in [0, 0.05) is 18.2 Å². The van der Waals surface area contributed by atoms with E-state index in [0.717, 1.165) is 36.3 Å². The van der Waals surface area contributed by atoms with E-state index >= 15 is 0 Å². The first-order valence-corrected chi connectivity index (χ1v) is 9.22. The molecule has 3 nitrogen and oxygen atoms in total. The van der Waals surface area contributed by atoms with E-state index in [1.165, 1.54) is 0 Å². The molecule has 1 saturated carbocycles. The van der Waals surface area contributed by atoms with E-state index in [0.29, 0.717) is 25.0 Å². The first kappa shape index (κ1) is 17.5. The Balaban J connectivity index is 1.60. The molecule has 3 rings (SSSR count). The number of hydrogen-bond donors (Lipinski definition) is 0. The lowest BCUT2D eigenvalue weighted by Crippen LogP contribution is -2.36. The van der Waals surface area contributed by atoms with Crippen LogP contribution < -0.4 is 4.74 Å². The van der Waals surface area contributed by atoms with Crippen molar-refractivity contribution in [2.45, 2.75) is 39.2 Å². The van der Waals surface area contributed by atoms with Gasteiger partial charge in [0.05, 0.1) is 13.0 Å². The summed E-state index contributed by atoms with van der Waals surface area (Å²) >= 11 is 0. The van der Waals surface area contributed by atoms with Crippen LogP contribution in [0.4, 0.5) is 0 Å². The third-order valence-corrected chi connectivity index (χ3v) is 4.42. The average Bonchev–Trinajstić information content (AvgIpc) is 3.45. The fourth-order valence-electron chi connectivity index (χ4n) is 3.07. The fraction of sp³-hybridized carbons (Fsp3) is 0.409. The second-order valence-electron chi connectivity index (χ2n) is 7.13. The quantitative estimate of drug-likeness (QED) is 0.694. The van der Waals surface area contributed by atoms with Crippen molar-refractivity contribution < 1.29 is 9.53 Å². The van der Waals surface area contributed by atoms with Crippen molar-refractivity contribution in [3.63, 3.8) is 0 Å². The Morgan fingerprint density at radius 3 is 2.44 bits per heavy atom. The van der Waals surface area contributed by atoms with Crippen LogP contribution in [0.2, 0.25) is 0 Å². The zero-order valence-electron chi connectivity index (χ0n) is 15.2. The van der Waals surface area contributed by atoms with E-state index in [4.69, 9.17) is 4.74 Å². The Hall–Kier alpha value is -2.29. The summed E-state index contributed by atoms with van der Waals surface area (Å²) in [5.41, 5.74) is 2.20. The Labute approximate surface area is 150 Å². The summed E-state index contributed by atoms with van der Waals surface area (Å²) in [6, 6.07) is 18.7. The molecule has 1 fully saturated rings. The molecule has 1 aliphatic rings. The summed E-state index contributed by atoms with van der Waals surface area (Å²) in [5.74, 6) is 1.56. The van der Waals surface area contributed by atoms with Gasteiger partial charge < -0.3 is 9.64 Å². The standard InChI is InChI=1S/C22H27NO2/c1-17(2)16-23(19-12-13-19)22(24)14-15-25-21-11-7-6-10-20(21)18-8-4-3-5-9-18/h3-11,17,19H,12-16H2,1-2H3. The van der Waals surface area contributed by atoms with Crippen LogP contribution in [-0.2, 0) is 4.79 Å². The SMILES string of the molecule is CC(C)CN(C(=O)CCOc1ccccc1-c1ccccc1)C1CC1. The minimum absolute atomic E-state index is 0.216. The van der Waals surface area contributed by atoms with Gasteiger partial charge in [0.15, 0.2) is 0 Å². The minimum atomic E-state index is 0.216. The maximum absolute atomic E-state index is 12.6. The molecule has 0 heterocycles. The second-order valence-corrected chi connectivity index (χ2v) is 7.13. The zero-order valence-corrected chi connectivity index (χ0v) is 15.2. The van der Waals surface area contributed by atoms with Gasteiger partial charge >= 0.3 is 0 Å². The molecule has 1 aliphatic carbocycles. The predicted octanol–water partition coefficient (Wildman–Crippen LogP) is 4.77. The van der Waals surface area contributed by atoms with E-state index < -0.39 is 0 Å². The van der Waals surface area contributed by atoms with Crippen molar-refractivity contribution in [1.29, 1.82) is 0 Å². The Morgan fingerprint density at radius 1 is 1.08 bits per heavy atom. The molecule has 1 amide bonds. The monoisotopic (exact) mass is 337 g/mol. The Kier molecular flexibility index (Phi) is 5.75. The highest BCUT2D eigenvalue weighted by molar-refractivity contribution is 5.77. The molecule has 132 valence electrons. The highest BCUT2D eigenvalue weighted by Crippen LogP contribution is 2.30. The van der Waals surface area contributed by atoms with E-state index in [2.05, 4.69) is 36.9 Å². The largest absolute Gasteiger partial charge is 0.492 e. The van der Waals surface area contributed by atoms with Gasteiger partial charge in [-0.1, -0.05) is 62.4 Å². The normalized spacial score (nSPS) is 13.7. The van der Waals surface area contributed by atoms with Crippen molar-refractivity contribution in [2.75, 3.05) is 13.2 Å². The van der Waals surface area contributed by atoms with Crippen molar-refractivity contribution in [2.24, 2.45) is 5.92 Å². The number of hydrogen-bond acceptors (Lipinski definition) is 2. The number of rotatable bonds is 8. The van der Waals surface area contributed by atoms with Crippen molar-refractivity contribution in [3.05, 3.63) is 54.6 Å². The summed E-state index contributed by atoms with van der Waals surface area (Å²) < 4.78 is 5.97. The highest BCUT2D eigenvalue weighted by atomic mass is 16.5. The van der Waals surface area contributed by atoms with Gasteiger partial charge in [0.2, 0.25) is 5.91 Å². The molecule has 2 aromatic rings. The lowest BCUT2D eigenvalue weighted by molar-refractivity contribution is -0.132. The van der Waals surface area contributed by atoms with Crippen molar-refractivity contribution >= 4 is 5.91 Å². The predicted molar refractivity (Wildman–Crippen MR) is 102 cm³/mol. The van der Waals surface area contributed by atoms with Crippen LogP contribution in [0.1, 0.15) is 33.1 Å². The molecule has 0 aromatic heterocycles. The van der Waals surface area contributed by atoms with Gasteiger partial charge in [-0.2, -0.15) is 0 Å². The average molecular weight is 337 g/mol. The van der Waals surface area contributed by atoms with Gasteiger partial charge in [-0.05, 0) is 30.4 Å². The lowest BCUT2D eigenvalue weighted by Gasteiger charge is -2.24. The highest BCUT2D eigenvalue weighted by Gasteiger charge is 2.32. The van der Waals surface area contributed by atoms with Gasteiger partial charge in [-0.15, -0.1) is 0 Å². The third-order valence-electron chi connectivity index (χ3n) is 4.42. The number of nitrogens with zero attached hydrogens (tertiary/aromatic N) is 1. The van der Waals surface area contributed by atoms with Gasteiger partial charge in [-0.3, -0.25) is 4.79 Å². The molecule has 0 N–H and O–H groups in total. The summed E-state index contributed by atoms with van der Waals surface area (Å²) in [5, 5.41) is 0. The van der Waals surface area contributed by atoms with Crippen LogP contribution in [0.3, 0.4) is 0 Å². The zero-order chi connectivity index (χ0) is 17.6. The van der Waals surface area contributed by atoms with Crippen molar-refractivity contribution in [3.8, 4) is 16.9 Å². The molecule has 3 heteroatoms. The minimum Gasteiger partial charge on any atom is -0.492 e. The summed E-state index contributed by atoms with van der Waals surface area (Å²) in [4.78, 5) is 14.6. The molecule has 0 spiro atoms. The van der Waals surface area contributed by atoms with Crippen LogP contribution >= 0.6 is 0 Å². The van der Waals surface area contributed by atoms with E-state index in [1.807, 2.05) is 36.4 Å². The first-order chi connectivity index (χ1) is 12.1. The number of benzene rings is 2. The number of carbonyl (C=O) groups is 1. The molecule has 0 bridgehead atoms. The molecule has 0 aliphatic heterocycles. The molecule has 0 radical (unpaired) electrons. The van der Waals surface area contributed by atoms with Gasteiger partial charge in [0.25, 0.3) is 0 Å². The summed E-state index contributed by atoms with van der Waals surface area (Å²) in [6.07, 6.45) is 2.73. The van der Waals surface area contributed by atoms with Gasteiger partial charge in [0.1, 0.15) is 5.75 Å². The summed E-state index contributed by atoms with van der Waals surface area (Å²) in [7, 11) is 0. The first-order valence-electron chi connectivity index (χ1n) is 9.22. The smallest absolute Gasteiger partial charge is 0.226 e.